The van der Waals surface area contributed by atoms with Gasteiger partial charge < -0.3 is 0 Å². The van der Waals surface area contributed by atoms with Crippen LogP contribution in [-0.4, -0.2) is 0 Å². The third-order valence-electron chi connectivity index (χ3n) is 0. The van der Waals surface area contributed by atoms with Gasteiger partial charge in [0, 0.05) is 76.2 Å². The van der Waals surface area contributed by atoms with Crippen LogP contribution in [0.1, 0.15) is 0 Å². The second-order valence-electron chi connectivity index (χ2n) is 0. The minimum absolute atomic E-state index is 0. The van der Waals surface area contributed by atoms with Crippen molar-refractivity contribution in [3.63, 3.8) is 0 Å². The molecule has 0 aromatic heterocycles. The Morgan fingerprint density at radius 3 is 0.500 bits per heavy atom. The van der Waals surface area contributed by atoms with Gasteiger partial charge in [-0.3, -0.25) is 0 Å². The summed E-state index contributed by atoms with van der Waals surface area (Å²) in [6, 6.07) is 0. The molecule has 0 unspecified atom stereocenters. The van der Waals surface area contributed by atoms with E-state index in [1.165, 1.54) is 0 Å². The first-order valence-electron chi connectivity index (χ1n) is 0.959. The molecular formula is C4I2O4Ru2. The van der Waals surface area contributed by atoms with Gasteiger partial charge in [-0.1, -0.05) is 0 Å². The van der Waals surface area contributed by atoms with Gasteiger partial charge in [0.25, 0.3) is 0 Å². The van der Waals surface area contributed by atoms with Gasteiger partial charge in [0.05, 0.1) is 0 Å². The van der Waals surface area contributed by atoms with Crippen LogP contribution in [0.15, 0.2) is 0 Å². The van der Waals surface area contributed by atoms with E-state index in [2.05, 4.69) is 63.8 Å². The number of halogens is 2. The average molecular weight is 568 g/mol. The molecule has 0 heterocycles. The predicted molar refractivity (Wildman–Crippen MR) is 43.8 cm³/mol. The molecule has 0 fully saturated rings. The molecule has 12 heavy (non-hydrogen) atoms. The van der Waals surface area contributed by atoms with Gasteiger partial charge in [0.1, 0.15) is 0 Å². The van der Waals surface area contributed by atoms with E-state index in [0.29, 0.717) is 0 Å². The molecule has 0 aromatic carbocycles. The normalized spacial score (nSPS) is 1.17. The number of hydrogen-bond acceptors (Lipinski definition) is 0. The number of rotatable bonds is 0. The molecule has 0 aliphatic heterocycles. The molecule has 0 amide bonds. The molecule has 8 heteroatoms. The average Bonchev–Trinajstić information content (AvgIpc) is 2.20. The van der Waals surface area contributed by atoms with Gasteiger partial charge in [-0.15, -0.1) is 0 Å². The molecule has 0 rings (SSSR count). The molecule has 0 spiro atoms. The summed E-state index contributed by atoms with van der Waals surface area (Å²) in [5, 5.41) is 0. The van der Waals surface area contributed by atoms with Crippen LogP contribution in [-0.2, 0) is 57.6 Å². The zero-order valence-corrected chi connectivity index (χ0v) is 12.9. The SMILES string of the molecule is II.[C-]#[O+].[C-]#[O+].[C-]#[O+].[C-]#[O+].[Ru].[Ru]. The summed E-state index contributed by atoms with van der Waals surface area (Å²) < 4.78 is 30.0. The van der Waals surface area contributed by atoms with Crippen molar-refractivity contribution < 1.29 is 57.6 Å². The smallest absolute Gasteiger partial charge is 0 e. The van der Waals surface area contributed by atoms with E-state index in [1.54, 1.807) is 0 Å². The molecule has 0 aromatic rings. The first-order valence-corrected chi connectivity index (χ1v) is 7.25. The summed E-state index contributed by atoms with van der Waals surface area (Å²) in [7, 11) is 0. The van der Waals surface area contributed by atoms with Crippen molar-refractivity contribution in [3.8, 4) is 0 Å². The van der Waals surface area contributed by atoms with E-state index in [4.69, 9.17) is 18.6 Å². The zero-order valence-electron chi connectivity index (χ0n) is 5.10. The summed E-state index contributed by atoms with van der Waals surface area (Å²) in [5.41, 5.74) is 0. The number of hydrogen-bond donors (Lipinski definition) is 0. The van der Waals surface area contributed by atoms with E-state index in [-0.39, 0.29) is 39.0 Å². The van der Waals surface area contributed by atoms with Gasteiger partial charge in [0.2, 0.25) is 0 Å². The van der Waals surface area contributed by atoms with Gasteiger partial charge in [-0.2, -0.15) is 0 Å². The maximum Gasteiger partial charge on any atom is 0 e. The molecule has 0 bridgehead atoms. The van der Waals surface area contributed by atoms with Crippen molar-refractivity contribution >= 4 is 37.2 Å². The van der Waals surface area contributed by atoms with Gasteiger partial charge in [-0.05, 0) is 0 Å². The Hall–Kier alpha value is 1.67. The molecule has 0 aliphatic rings. The van der Waals surface area contributed by atoms with Crippen LogP contribution < -0.4 is 0 Å². The fraction of sp³-hybridized carbons (Fsp3) is 0. The minimum atomic E-state index is 0. The first kappa shape index (κ1) is 49.3. The van der Waals surface area contributed by atoms with Crippen LogP contribution in [0.2, 0.25) is 0 Å². The molecule has 0 radical (unpaired) electrons. The second kappa shape index (κ2) is 621. The van der Waals surface area contributed by atoms with Crippen molar-refractivity contribution in [1.29, 1.82) is 0 Å². The van der Waals surface area contributed by atoms with E-state index >= 15 is 0 Å². The Morgan fingerprint density at radius 2 is 0.500 bits per heavy atom. The zero-order chi connectivity index (χ0) is 10.0. The van der Waals surface area contributed by atoms with Crippen LogP contribution in [0.25, 0.3) is 0 Å². The molecule has 0 saturated heterocycles. The monoisotopic (exact) mass is 570 g/mol. The third kappa shape index (κ3) is 478. The van der Waals surface area contributed by atoms with Crippen molar-refractivity contribution in [1.82, 2.24) is 0 Å². The maximum absolute atomic E-state index is 7.50. The summed E-state index contributed by atoms with van der Waals surface area (Å²) in [6.07, 6.45) is 0. The van der Waals surface area contributed by atoms with Crippen molar-refractivity contribution in [2.24, 2.45) is 0 Å². The fourth-order valence-electron chi connectivity index (χ4n) is 0. The first-order chi connectivity index (χ1) is 5.00. The minimum Gasteiger partial charge on any atom is 0 e. The van der Waals surface area contributed by atoms with Gasteiger partial charge in [-0.25, -0.2) is 0 Å². The Morgan fingerprint density at radius 1 is 0.500 bits per heavy atom. The van der Waals surface area contributed by atoms with Crippen molar-refractivity contribution in [2.75, 3.05) is 0 Å². The van der Waals surface area contributed by atoms with E-state index in [9.17, 15) is 0 Å². The Balaban J connectivity index is -0.00000000500. The molecular weight excluding hydrogens is 568 g/mol. The van der Waals surface area contributed by atoms with Crippen LogP contribution >= 0.6 is 37.2 Å². The van der Waals surface area contributed by atoms with Crippen molar-refractivity contribution in [2.45, 2.75) is 0 Å². The standard InChI is InChI=1S/4CO.I2.2Ru/c5*1-2;;. The Kier molecular flexibility index (Phi) is 2550. The van der Waals surface area contributed by atoms with Gasteiger partial charge >= 0.3 is 45.2 Å². The summed E-state index contributed by atoms with van der Waals surface area (Å²) in [6.45, 7) is 18.0. The third-order valence-corrected chi connectivity index (χ3v) is 0. The quantitative estimate of drug-likeness (QED) is 0.185. The topological polar surface area (TPSA) is 79.6 Å². The molecule has 0 aliphatic carbocycles. The molecule has 0 saturated carbocycles. The van der Waals surface area contributed by atoms with Crippen LogP contribution in [0.5, 0.6) is 0 Å². The Bertz CT molecular complexity index is 66.0. The Labute approximate surface area is 120 Å². The molecule has 0 atom stereocenters. The molecule has 0 N–H and O–H groups in total. The van der Waals surface area contributed by atoms with E-state index in [0.717, 1.165) is 0 Å². The van der Waals surface area contributed by atoms with E-state index in [1.807, 2.05) is 0 Å². The maximum atomic E-state index is 7.50. The summed E-state index contributed by atoms with van der Waals surface area (Å²) >= 11 is 4.24. The summed E-state index contributed by atoms with van der Waals surface area (Å²) in [5.74, 6) is 0. The molecule has 70 valence electrons. The second-order valence-corrected chi connectivity index (χ2v) is 0. The predicted octanol–water partition coefficient (Wildman–Crippen LogP) is 1.62. The van der Waals surface area contributed by atoms with E-state index < -0.39 is 0 Å². The molecule has 4 nitrogen and oxygen atoms in total. The summed E-state index contributed by atoms with van der Waals surface area (Å²) in [4.78, 5) is 0. The largest absolute Gasteiger partial charge is 0 e. The fourth-order valence-corrected chi connectivity index (χ4v) is 0. The van der Waals surface area contributed by atoms with Crippen LogP contribution in [0.3, 0.4) is 0 Å². The van der Waals surface area contributed by atoms with Crippen LogP contribution in [0, 0.1) is 26.6 Å². The van der Waals surface area contributed by atoms with Crippen molar-refractivity contribution in [3.05, 3.63) is 26.6 Å². The van der Waals surface area contributed by atoms with Crippen LogP contribution in [0.4, 0.5) is 0 Å². The van der Waals surface area contributed by atoms with Gasteiger partial charge in [0.15, 0.2) is 0 Å².